The maximum absolute atomic E-state index is 14.3. The first kappa shape index (κ1) is 22.6. The Balaban J connectivity index is 1.76. The van der Waals surface area contributed by atoms with Gasteiger partial charge in [-0.2, -0.15) is 0 Å². The SMILES string of the molecule is CCCC[C@@H](O)CN1CCN(c2nc(C)nc(CC)c2Cc2ccccc2F)CC1. The Morgan fingerprint density at radius 3 is 2.50 bits per heavy atom. The van der Waals surface area contributed by atoms with E-state index in [9.17, 15) is 9.50 Å². The quantitative estimate of drug-likeness (QED) is 0.677. The molecule has 1 aromatic heterocycles. The molecular weight excluding hydrogens is 379 g/mol. The van der Waals surface area contributed by atoms with Crippen LogP contribution in [0.4, 0.5) is 10.2 Å². The number of hydrogen-bond donors (Lipinski definition) is 1. The van der Waals surface area contributed by atoms with Crippen LogP contribution >= 0.6 is 0 Å². The molecule has 0 saturated carbocycles. The van der Waals surface area contributed by atoms with E-state index in [0.29, 0.717) is 12.0 Å². The number of nitrogens with zero attached hydrogens (tertiary/aromatic N) is 4. The lowest BCUT2D eigenvalue weighted by Gasteiger charge is -2.37. The van der Waals surface area contributed by atoms with Crippen molar-refractivity contribution < 1.29 is 9.50 Å². The van der Waals surface area contributed by atoms with Gasteiger partial charge in [-0.15, -0.1) is 0 Å². The Bertz CT molecular complexity index is 821. The van der Waals surface area contributed by atoms with Gasteiger partial charge < -0.3 is 10.0 Å². The minimum Gasteiger partial charge on any atom is -0.392 e. The van der Waals surface area contributed by atoms with Crippen molar-refractivity contribution in [3.63, 3.8) is 0 Å². The number of hydrogen-bond acceptors (Lipinski definition) is 5. The maximum Gasteiger partial charge on any atom is 0.136 e. The molecule has 6 heteroatoms. The van der Waals surface area contributed by atoms with Gasteiger partial charge in [0.15, 0.2) is 0 Å². The molecule has 30 heavy (non-hydrogen) atoms. The maximum atomic E-state index is 14.3. The van der Waals surface area contributed by atoms with Crippen molar-refractivity contribution in [2.45, 2.75) is 59.0 Å². The minimum absolute atomic E-state index is 0.183. The Morgan fingerprint density at radius 2 is 1.83 bits per heavy atom. The summed E-state index contributed by atoms with van der Waals surface area (Å²) in [6.45, 7) is 10.4. The fourth-order valence-corrected chi connectivity index (χ4v) is 4.18. The molecule has 1 aromatic carbocycles. The second-order valence-corrected chi connectivity index (χ2v) is 8.23. The molecule has 2 heterocycles. The van der Waals surface area contributed by atoms with Gasteiger partial charge in [-0.1, -0.05) is 44.9 Å². The van der Waals surface area contributed by atoms with Gasteiger partial charge in [0, 0.05) is 50.4 Å². The van der Waals surface area contributed by atoms with Crippen molar-refractivity contribution >= 4 is 5.82 Å². The molecule has 5 nitrogen and oxygen atoms in total. The zero-order chi connectivity index (χ0) is 21.5. The van der Waals surface area contributed by atoms with Crippen LogP contribution in [-0.4, -0.2) is 58.8 Å². The van der Waals surface area contributed by atoms with E-state index in [-0.39, 0.29) is 11.9 Å². The molecule has 1 aliphatic heterocycles. The van der Waals surface area contributed by atoms with Crippen LogP contribution < -0.4 is 4.90 Å². The van der Waals surface area contributed by atoms with Crippen LogP contribution in [0.5, 0.6) is 0 Å². The highest BCUT2D eigenvalue weighted by Crippen LogP contribution is 2.26. The molecule has 1 fully saturated rings. The Morgan fingerprint density at radius 1 is 1.10 bits per heavy atom. The summed E-state index contributed by atoms with van der Waals surface area (Å²) in [6.07, 6.45) is 4.10. The minimum atomic E-state index is -0.249. The highest BCUT2D eigenvalue weighted by molar-refractivity contribution is 5.52. The molecule has 1 atom stereocenters. The topological polar surface area (TPSA) is 52.5 Å². The summed E-state index contributed by atoms with van der Waals surface area (Å²) < 4.78 is 14.3. The lowest BCUT2D eigenvalue weighted by Crippen LogP contribution is -2.49. The van der Waals surface area contributed by atoms with E-state index in [1.807, 2.05) is 19.1 Å². The molecule has 0 spiro atoms. The van der Waals surface area contributed by atoms with Crippen LogP contribution in [0.1, 0.15) is 55.8 Å². The highest BCUT2D eigenvalue weighted by atomic mass is 19.1. The molecule has 0 bridgehead atoms. The third kappa shape index (κ3) is 5.76. The first-order valence-electron chi connectivity index (χ1n) is 11.3. The summed E-state index contributed by atoms with van der Waals surface area (Å²) in [7, 11) is 0. The summed E-state index contributed by atoms with van der Waals surface area (Å²) in [5.41, 5.74) is 2.71. The fraction of sp³-hybridized carbons (Fsp3) is 0.583. The summed E-state index contributed by atoms with van der Waals surface area (Å²) in [6, 6.07) is 6.95. The van der Waals surface area contributed by atoms with Crippen molar-refractivity contribution in [3.8, 4) is 0 Å². The number of rotatable bonds is 9. The van der Waals surface area contributed by atoms with E-state index in [1.54, 1.807) is 6.07 Å². The van der Waals surface area contributed by atoms with Gasteiger partial charge in [0.2, 0.25) is 0 Å². The van der Waals surface area contributed by atoms with Gasteiger partial charge in [-0.3, -0.25) is 4.90 Å². The van der Waals surface area contributed by atoms with Crippen molar-refractivity contribution in [2.24, 2.45) is 0 Å². The van der Waals surface area contributed by atoms with Gasteiger partial charge in [-0.25, -0.2) is 14.4 Å². The van der Waals surface area contributed by atoms with E-state index in [1.165, 1.54) is 6.07 Å². The highest BCUT2D eigenvalue weighted by Gasteiger charge is 2.24. The van der Waals surface area contributed by atoms with Crippen LogP contribution in [0, 0.1) is 12.7 Å². The van der Waals surface area contributed by atoms with Crippen molar-refractivity contribution in [1.82, 2.24) is 14.9 Å². The molecule has 1 N–H and O–H groups in total. The van der Waals surface area contributed by atoms with Crippen molar-refractivity contribution in [1.29, 1.82) is 0 Å². The van der Waals surface area contributed by atoms with Gasteiger partial charge in [-0.05, 0) is 31.4 Å². The third-order valence-corrected chi connectivity index (χ3v) is 5.87. The second kappa shape index (κ2) is 10.8. The molecular formula is C24H35FN4O. The van der Waals surface area contributed by atoms with E-state index >= 15 is 0 Å². The number of unbranched alkanes of at least 4 members (excludes halogenated alkanes) is 1. The molecule has 3 rings (SSSR count). The number of halogens is 1. The molecule has 0 aliphatic carbocycles. The first-order valence-corrected chi connectivity index (χ1v) is 11.3. The summed E-state index contributed by atoms with van der Waals surface area (Å²) in [5.74, 6) is 1.52. The predicted molar refractivity (Wildman–Crippen MR) is 120 cm³/mol. The number of aryl methyl sites for hydroxylation is 2. The van der Waals surface area contributed by atoms with E-state index in [2.05, 4.69) is 28.6 Å². The molecule has 0 unspecified atom stereocenters. The van der Waals surface area contributed by atoms with Gasteiger partial charge >= 0.3 is 0 Å². The lowest BCUT2D eigenvalue weighted by molar-refractivity contribution is 0.100. The van der Waals surface area contributed by atoms with Gasteiger partial charge in [0.05, 0.1) is 6.10 Å². The first-order chi connectivity index (χ1) is 14.5. The van der Waals surface area contributed by atoms with Crippen molar-refractivity contribution in [2.75, 3.05) is 37.6 Å². The van der Waals surface area contributed by atoms with Gasteiger partial charge in [0.25, 0.3) is 0 Å². The normalized spacial score (nSPS) is 16.1. The number of aliphatic hydroxyl groups is 1. The van der Waals surface area contributed by atoms with Crippen LogP contribution in [0.25, 0.3) is 0 Å². The molecule has 164 valence electrons. The van der Waals surface area contributed by atoms with Gasteiger partial charge in [0.1, 0.15) is 17.5 Å². The number of piperazine rings is 1. The third-order valence-electron chi connectivity index (χ3n) is 5.87. The zero-order valence-corrected chi connectivity index (χ0v) is 18.6. The molecule has 0 radical (unpaired) electrons. The van der Waals surface area contributed by atoms with Crippen LogP contribution in [0.3, 0.4) is 0 Å². The largest absolute Gasteiger partial charge is 0.392 e. The molecule has 1 aliphatic rings. The van der Waals surface area contributed by atoms with Crippen LogP contribution in [0.2, 0.25) is 0 Å². The number of anilines is 1. The lowest BCUT2D eigenvalue weighted by atomic mass is 10.0. The van der Waals surface area contributed by atoms with E-state index in [0.717, 1.165) is 81.3 Å². The number of aromatic nitrogens is 2. The summed E-state index contributed by atoms with van der Waals surface area (Å²) in [5, 5.41) is 10.2. The standard InChI is InChI=1S/C24H35FN4O/c1-4-6-10-20(30)17-28-12-14-29(15-13-28)24-21(23(5-2)26-18(3)27-24)16-19-9-7-8-11-22(19)25/h7-9,11,20,30H,4-6,10,12-17H2,1-3H3/t20-/m1/s1. The van der Waals surface area contributed by atoms with E-state index < -0.39 is 0 Å². The van der Waals surface area contributed by atoms with Crippen LogP contribution in [0.15, 0.2) is 24.3 Å². The molecule has 1 saturated heterocycles. The average Bonchev–Trinajstić information content (AvgIpc) is 2.75. The molecule has 0 amide bonds. The number of benzene rings is 1. The molecule has 2 aromatic rings. The fourth-order valence-electron chi connectivity index (χ4n) is 4.18. The van der Waals surface area contributed by atoms with Crippen LogP contribution in [-0.2, 0) is 12.8 Å². The number of aliphatic hydroxyl groups excluding tert-OH is 1. The summed E-state index contributed by atoms with van der Waals surface area (Å²) >= 11 is 0. The smallest absolute Gasteiger partial charge is 0.136 e. The predicted octanol–water partition coefficient (Wildman–Crippen LogP) is 3.75. The second-order valence-electron chi connectivity index (χ2n) is 8.23. The Kier molecular flexibility index (Phi) is 8.16. The average molecular weight is 415 g/mol. The monoisotopic (exact) mass is 414 g/mol. The van der Waals surface area contributed by atoms with Crippen molar-refractivity contribution in [3.05, 3.63) is 52.7 Å². The summed E-state index contributed by atoms with van der Waals surface area (Å²) in [4.78, 5) is 14.1. The van der Waals surface area contributed by atoms with E-state index in [4.69, 9.17) is 4.98 Å². The Labute approximate surface area is 180 Å². The zero-order valence-electron chi connectivity index (χ0n) is 18.6. The number of β-amino-alcohol motifs (C(OH)–C–C–N with tert-alkyl or cyclic N) is 1. The Hall–Kier alpha value is -2.05.